The van der Waals surface area contributed by atoms with Gasteiger partial charge in [0.25, 0.3) is 0 Å². The molecule has 116 valence electrons. The van der Waals surface area contributed by atoms with Gasteiger partial charge in [-0.3, -0.25) is 4.79 Å². The van der Waals surface area contributed by atoms with E-state index in [0.717, 1.165) is 5.56 Å². The van der Waals surface area contributed by atoms with E-state index in [-0.39, 0.29) is 24.5 Å². The van der Waals surface area contributed by atoms with Gasteiger partial charge in [0, 0.05) is 13.6 Å². The van der Waals surface area contributed by atoms with Gasteiger partial charge in [-0.2, -0.15) is 0 Å². The molecular formula is C16H24N2O3. The highest BCUT2D eigenvalue weighted by Crippen LogP contribution is 2.21. The first-order valence-electron chi connectivity index (χ1n) is 7.12. The SMILES string of the molecule is CC(CN(C)C(=O)NC(c1ccccc1)C(C)C)C(=O)O. The summed E-state index contributed by atoms with van der Waals surface area (Å²) in [5.41, 5.74) is 1.04. The fraction of sp³-hybridized carbons (Fsp3) is 0.500. The lowest BCUT2D eigenvalue weighted by Gasteiger charge is -2.27. The molecule has 2 unspecified atom stereocenters. The van der Waals surface area contributed by atoms with Crippen LogP contribution in [0.1, 0.15) is 32.4 Å². The van der Waals surface area contributed by atoms with E-state index in [1.807, 2.05) is 44.2 Å². The zero-order chi connectivity index (χ0) is 16.0. The number of nitrogens with zero attached hydrogens (tertiary/aromatic N) is 1. The Balaban J connectivity index is 2.71. The number of amides is 2. The van der Waals surface area contributed by atoms with Crippen LogP contribution in [-0.4, -0.2) is 35.6 Å². The van der Waals surface area contributed by atoms with Crippen molar-refractivity contribution in [2.45, 2.75) is 26.8 Å². The van der Waals surface area contributed by atoms with E-state index in [1.165, 1.54) is 4.90 Å². The largest absolute Gasteiger partial charge is 0.481 e. The summed E-state index contributed by atoms with van der Waals surface area (Å²) < 4.78 is 0. The molecule has 0 bridgehead atoms. The lowest BCUT2D eigenvalue weighted by Crippen LogP contribution is -2.43. The van der Waals surface area contributed by atoms with Crippen molar-refractivity contribution < 1.29 is 14.7 Å². The topological polar surface area (TPSA) is 69.6 Å². The van der Waals surface area contributed by atoms with E-state index in [9.17, 15) is 9.59 Å². The molecule has 0 fully saturated rings. The molecule has 2 amide bonds. The number of carbonyl (C=O) groups excluding carboxylic acids is 1. The molecule has 5 heteroatoms. The van der Waals surface area contributed by atoms with E-state index < -0.39 is 11.9 Å². The van der Waals surface area contributed by atoms with E-state index in [2.05, 4.69) is 5.32 Å². The van der Waals surface area contributed by atoms with Gasteiger partial charge in [0.2, 0.25) is 0 Å². The molecule has 0 spiro atoms. The van der Waals surface area contributed by atoms with Crippen LogP contribution in [0.2, 0.25) is 0 Å². The van der Waals surface area contributed by atoms with Crippen LogP contribution in [-0.2, 0) is 4.79 Å². The minimum atomic E-state index is -0.905. The third-order valence-electron chi connectivity index (χ3n) is 3.42. The third-order valence-corrected chi connectivity index (χ3v) is 3.42. The van der Waals surface area contributed by atoms with Crippen LogP contribution in [0.3, 0.4) is 0 Å². The van der Waals surface area contributed by atoms with Crippen LogP contribution in [0.5, 0.6) is 0 Å². The number of urea groups is 1. The van der Waals surface area contributed by atoms with Crippen LogP contribution in [0, 0.1) is 11.8 Å². The molecule has 0 aliphatic rings. The summed E-state index contributed by atoms with van der Waals surface area (Å²) in [5.74, 6) is -1.25. The van der Waals surface area contributed by atoms with Gasteiger partial charge >= 0.3 is 12.0 Å². The highest BCUT2D eigenvalue weighted by atomic mass is 16.4. The highest BCUT2D eigenvalue weighted by Gasteiger charge is 2.22. The monoisotopic (exact) mass is 292 g/mol. The molecule has 1 rings (SSSR count). The molecule has 2 N–H and O–H groups in total. The second-order valence-corrected chi connectivity index (χ2v) is 5.70. The van der Waals surface area contributed by atoms with Gasteiger partial charge in [-0.05, 0) is 11.5 Å². The summed E-state index contributed by atoms with van der Waals surface area (Å²) in [4.78, 5) is 24.5. The van der Waals surface area contributed by atoms with Gasteiger partial charge in [0.05, 0.1) is 12.0 Å². The Morgan fingerprint density at radius 3 is 2.24 bits per heavy atom. The predicted octanol–water partition coefficient (Wildman–Crippen LogP) is 2.75. The third kappa shape index (κ3) is 5.10. The van der Waals surface area contributed by atoms with Crippen molar-refractivity contribution in [1.82, 2.24) is 10.2 Å². The van der Waals surface area contributed by atoms with Gasteiger partial charge in [0.15, 0.2) is 0 Å². The summed E-state index contributed by atoms with van der Waals surface area (Å²) >= 11 is 0. The maximum atomic E-state index is 12.2. The second kappa shape index (κ2) is 7.67. The van der Waals surface area contributed by atoms with Crippen molar-refractivity contribution >= 4 is 12.0 Å². The molecule has 0 radical (unpaired) electrons. The Hall–Kier alpha value is -2.04. The first-order valence-corrected chi connectivity index (χ1v) is 7.12. The van der Waals surface area contributed by atoms with Gasteiger partial charge in [0.1, 0.15) is 0 Å². The van der Waals surface area contributed by atoms with Crippen molar-refractivity contribution in [1.29, 1.82) is 0 Å². The molecule has 0 aliphatic carbocycles. The summed E-state index contributed by atoms with van der Waals surface area (Å²) in [6, 6.07) is 9.41. The predicted molar refractivity (Wildman–Crippen MR) is 82.0 cm³/mol. The van der Waals surface area contributed by atoms with E-state index in [4.69, 9.17) is 5.11 Å². The number of benzene rings is 1. The van der Waals surface area contributed by atoms with Crippen molar-refractivity contribution in [2.75, 3.05) is 13.6 Å². The quantitative estimate of drug-likeness (QED) is 0.847. The molecule has 0 aromatic heterocycles. The van der Waals surface area contributed by atoms with Gasteiger partial charge < -0.3 is 15.3 Å². The van der Waals surface area contributed by atoms with Gasteiger partial charge in [-0.15, -0.1) is 0 Å². The van der Waals surface area contributed by atoms with E-state index in [1.54, 1.807) is 14.0 Å². The van der Waals surface area contributed by atoms with E-state index in [0.29, 0.717) is 0 Å². The first kappa shape index (κ1) is 17.0. The molecule has 0 saturated carbocycles. The average Bonchev–Trinajstić information content (AvgIpc) is 2.44. The van der Waals surface area contributed by atoms with Gasteiger partial charge in [-0.1, -0.05) is 51.1 Å². The molecule has 0 heterocycles. The van der Waals surface area contributed by atoms with Crippen LogP contribution < -0.4 is 5.32 Å². The Kier molecular flexibility index (Phi) is 6.21. The molecule has 1 aromatic carbocycles. The number of rotatable bonds is 6. The van der Waals surface area contributed by atoms with Crippen LogP contribution >= 0.6 is 0 Å². The minimum absolute atomic E-state index is 0.0960. The lowest BCUT2D eigenvalue weighted by atomic mass is 9.96. The van der Waals surface area contributed by atoms with Crippen molar-refractivity contribution in [2.24, 2.45) is 11.8 Å². The number of carboxylic acids is 1. The zero-order valence-electron chi connectivity index (χ0n) is 13.0. The molecule has 2 atom stereocenters. The van der Waals surface area contributed by atoms with Crippen molar-refractivity contribution in [3.05, 3.63) is 35.9 Å². The second-order valence-electron chi connectivity index (χ2n) is 5.70. The molecule has 5 nitrogen and oxygen atoms in total. The standard InChI is InChI=1S/C16H24N2O3/c1-11(2)14(13-8-6-5-7-9-13)17-16(21)18(4)10-12(3)15(19)20/h5-9,11-12,14H,10H2,1-4H3,(H,17,21)(H,19,20). The molecule has 0 saturated heterocycles. The summed E-state index contributed by atoms with van der Waals surface area (Å²) in [6.45, 7) is 5.85. The average molecular weight is 292 g/mol. The zero-order valence-corrected chi connectivity index (χ0v) is 13.0. The molecule has 21 heavy (non-hydrogen) atoms. The van der Waals surface area contributed by atoms with Crippen LogP contribution in [0.25, 0.3) is 0 Å². The number of hydrogen-bond donors (Lipinski definition) is 2. The molecular weight excluding hydrogens is 268 g/mol. The number of hydrogen-bond acceptors (Lipinski definition) is 2. The maximum absolute atomic E-state index is 12.2. The minimum Gasteiger partial charge on any atom is -0.481 e. The van der Waals surface area contributed by atoms with Gasteiger partial charge in [-0.25, -0.2) is 4.79 Å². The van der Waals surface area contributed by atoms with Crippen molar-refractivity contribution in [3.63, 3.8) is 0 Å². The summed E-state index contributed by atoms with van der Waals surface area (Å²) in [6.07, 6.45) is 0. The lowest BCUT2D eigenvalue weighted by molar-refractivity contribution is -0.141. The Morgan fingerprint density at radius 1 is 1.19 bits per heavy atom. The fourth-order valence-electron chi connectivity index (χ4n) is 2.11. The smallest absolute Gasteiger partial charge is 0.317 e. The Labute approximate surface area is 126 Å². The van der Waals surface area contributed by atoms with Crippen LogP contribution in [0.15, 0.2) is 30.3 Å². The number of carbonyl (C=O) groups is 2. The highest BCUT2D eigenvalue weighted by molar-refractivity contribution is 5.76. The number of aliphatic carboxylic acids is 1. The van der Waals surface area contributed by atoms with E-state index >= 15 is 0 Å². The normalized spacial score (nSPS) is 13.6. The maximum Gasteiger partial charge on any atom is 0.317 e. The molecule has 1 aromatic rings. The number of carboxylic acid groups (broad SMARTS) is 1. The van der Waals surface area contributed by atoms with Crippen LogP contribution in [0.4, 0.5) is 4.79 Å². The fourth-order valence-corrected chi connectivity index (χ4v) is 2.11. The van der Waals surface area contributed by atoms with Crippen molar-refractivity contribution in [3.8, 4) is 0 Å². The first-order chi connectivity index (χ1) is 9.82. The summed E-state index contributed by atoms with van der Waals surface area (Å²) in [7, 11) is 1.61. The summed E-state index contributed by atoms with van der Waals surface area (Å²) in [5, 5.41) is 11.9. The Morgan fingerprint density at radius 2 is 1.76 bits per heavy atom. The molecule has 0 aliphatic heterocycles. The Bertz CT molecular complexity index is 474. The number of nitrogens with one attached hydrogen (secondary N) is 1.